The lowest BCUT2D eigenvalue weighted by Gasteiger charge is -2.24. The third-order valence-corrected chi connectivity index (χ3v) is 1.49. The van der Waals surface area contributed by atoms with E-state index in [0.717, 1.165) is 0 Å². The van der Waals surface area contributed by atoms with Crippen molar-refractivity contribution in [1.82, 2.24) is 4.90 Å². The van der Waals surface area contributed by atoms with Gasteiger partial charge in [0.25, 0.3) is 6.48 Å². The van der Waals surface area contributed by atoms with Gasteiger partial charge < -0.3 is 25.2 Å². The van der Waals surface area contributed by atoms with Gasteiger partial charge in [-0.15, -0.1) is 0 Å². The molecule has 1 rings (SSSR count). The number of aliphatic hydroxyl groups excluding tert-OH is 1. The summed E-state index contributed by atoms with van der Waals surface area (Å²) >= 11 is 0. The van der Waals surface area contributed by atoms with E-state index >= 15 is 0 Å². The summed E-state index contributed by atoms with van der Waals surface area (Å²) in [6.45, 7) is 6.09. The fourth-order valence-corrected chi connectivity index (χ4v) is 0.943. The molecule has 0 saturated carbocycles. The van der Waals surface area contributed by atoms with Crippen molar-refractivity contribution in [3.05, 3.63) is 25.2 Å². The number of rotatable bonds is 3. The maximum atomic E-state index is 8.85. The molecule has 0 radical (unpaired) electrons. The Kier molecular flexibility index (Phi) is 2.69. The van der Waals surface area contributed by atoms with Gasteiger partial charge in [-0.3, -0.25) is 0 Å². The van der Waals surface area contributed by atoms with Gasteiger partial charge in [0.05, 0.1) is 12.4 Å². The van der Waals surface area contributed by atoms with Crippen molar-refractivity contribution in [1.29, 1.82) is 0 Å². The Morgan fingerprint density at radius 2 is 2.42 bits per heavy atom. The van der Waals surface area contributed by atoms with Crippen LogP contribution >= 0.6 is 0 Å². The molecule has 0 aliphatic carbocycles. The van der Waals surface area contributed by atoms with Crippen molar-refractivity contribution in [2.45, 2.75) is 12.7 Å². The zero-order chi connectivity index (χ0) is 9.14. The molecule has 1 heterocycles. The van der Waals surface area contributed by atoms with Crippen LogP contribution < -0.4 is 5.73 Å². The molecular weight excluding hydrogens is 160 g/mol. The van der Waals surface area contributed by atoms with E-state index in [1.165, 1.54) is 11.1 Å². The quantitative estimate of drug-likeness (QED) is 0.601. The summed E-state index contributed by atoms with van der Waals surface area (Å²) in [5.74, 6) is 0.299. The number of hydrogen-bond donors (Lipinski definition) is 2. The van der Waals surface area contributed by atoms with Crippen LogP contribution in [0.1, 0.15) is 0 Å². The molecule has 12 heavy (non-hydrogen) atoms. The van der Waals surface area contributed by atoms with Gasteiger partial charge in [-0.25, -0.2) is 0 Å². The fourth-order valence-electron chi connectivity index (χ4n) is 0.943. The van der Waals surface area contributed by atoms with Crippen LogP contribution in [-0.2, 0) is 9.47 Å². The first-order chi connectivity index (χ1) is 5.65. The Balaban J connectivity index is 2.55. The second-order valence-electron chi connectivity index (χ2n) is 2.31. The first-order valence-electron chi connectivity index (χ1n) is 3.45. The van der Waals surface area contributed by atoms with Crippen LogP contribution in [0, 0.1) is 0 Å². The summed E-state index contributed by atoms with van der Waals surface area (Å²) in [4.78, 5) is 1.48. The second-order valence-corrected chi connectivity index (χ2v) is 2.31. The van der Waals surface area contributed by atoms with Crippen LogP contribution in [0.5, 0.6) is 0 Å². The van der Waals surface area contributed by atoms with Crippen LogP contribution in [0.4, 0.5) is 0 Å². The van der Waals surface area contributed by atoms with Crippen LogP contribution in [-0.4, -0.2) is 29.3 Å². The van der Waals surface area contributed by atoms with Crippen molar-refractivity contribution in [2.24, 2.45) is 5.73 Å². The van der Waals surface area contributed by atoms with Gasteiger partial charge in [0.1, 0.15) is 0 Å². The third-order valence-electron chi connectivity index (χ3n) is 1.49. The number of aliphatic hydroxyl groups is 1. The van der Waals surface area contributed by atoms with E-state index in [1.54, 1.807) is 0 Å². The lowest BCUT2D eigenvalue weighted by atomic mass is 10.5. The second kappa shape index (κ2) is 3.57. The summed E-state index contributed by atoms with van der Waals surface area (Å²) in [6, 6.07) is 0. The molecule has 1 saturated heterocycles. The Labute approximate surface area is 70.7 Å². The maximum absolute atomic E-state index is 8.85. The monoisotopic (exact) mass is 172 g/mol. The van der Waals surface area contributed by atoms with E-state index < -0.39 is 12.7 Å². The standard InChI is InChI=1S/C7H12N2O3/c1-3-9(5(2)8)6-4-11-7(10)12-6/h3,6-7,10H,1-2,4,8H2. The van der Waals surface area contributed by atoms with Gasteiger partial charge >= 0.3 is 0 Å². The zero-order valence-electron chi connectivity index (χ0n) is 6.64. The number of ether oxygens (including phenoxy) is 2. The highest BCUT2D eigenvalue weighted by atomic mass is 16.8. The topological polar surface area (TPSA) is 68.0 Å². The van der Waals surface area contributed by atoms with Crippen molar-refractivity contribution in [3.8, 4) is 0 Å². The van der Waals surface area contributed by atoms with Crippen molar-refractivity contribution < 1.29 is 14.6 Å². The predicted molar refractivity (Wildman–Crippen MR) is 42.2 cm³/mol. The highest BCUT2D eigenvalue weighted by molar-refractivity contribution is 4.95. The smallest absolute Gasteiger partial charge is 0.271 e. The lowest BCUT2D eigenvalue weighted by molar-refractivity contribution is -0.212. The van der Waals surface area contributed by atoms with E-state index in [9.17, 15) is 0 Å². The molecular formula is C7H12N2O3. The largest absolute Gasteiger partial charge is 0.386 e. The zero-order valence-corrected chi connectivity index (χ0v) is 6.64. The molecule has 0 aromatic carbocycles. The molecule has 0 aromatic heterocycles. The molecule has 0 bridgehead atoms. The van der Waals surface area contributed by atoms with Gasteiger partial charge in [-0.1, -0.05) is 13.2 Å². The van der Waals surface area contributed by atoms with Gasteiger partial charge in [-0.05, 0) is 0 Å². The minimum Gasteiger partial charge on any atom is -0.386 e. The van der Waals surface area contributed by atoms with E-state index in [-0.39, 0.29) is 6.61 Å². The Morgan fingerprint density at radius 1 is 1.75 bits per heavy atom. The number of nitrogens with zero attached hydrogens (tertiary/aromatic N) is 1. The van der Waals surface area contributed by atoms with Crippen LogP contribution in [0.3, 0.4) is 0 Å². The molecule has 5 nitrogen and oxygen atoms in total. The van der Waals surface area contributed by atoms with E-state index in [4.69, 9.17) is 20.3 Å². The van der Waals surface area contributed by atoms with Gasteiger partial charge in [-0.2, -0.15) is 0 Å². The van der Waals surface area contributed by atoms with Crippen LogP contribution in [0.15, 0.2) is 25.2 Å². The highest BCUT2D eigenvalue weighted by Crippen LogP contribution is 2.15. The van der Waals surface area contributed by atoms with Crippen molar-refractivity contribution >= 4 is 0 Å². The highest BCUT2D eigenvalue weighted by Gasteiger charge is 2.28. The summed E-state index contributed by atoms with van der Waals surface area (Å²) < 4.78 is 9.67. The summed E-state index contributed by atoms with van der Waals surface area (Å²) in [7, 11) is 0. The van der Waals surface area contributed by atoms with Gasteiger partial charge in [0.15, 0.2) is 6.23 Å². The van der Waals surface area contributed by atoms with Crippen molar-refractivity contribution in [3.63, 3.8) is 0 Å². The molecule has 5 heteroatoms. The first kappa shape index (κ1) is 9.05. The minimum atomic E-state index is -1.18. The molecule has 0 amide bonds. The molecule has 68 valence electrons. The normalized spacial score (nSPS) is 28.4. The predicted octanol–water partition coefficient (Wildman–Crippen LogP) is -0.489. The van der Waals surface area contributed by atoms with E-state index in [2.05, 4.69) is 13.2 Å². The summed E-state index contributed by atoms with van der Waals surface area (Å²) in [5, 5.41) is 8.85. The van der Waals surface area contributed by atoms with Gasteiger partial charge in [0.2, 0.25) is 0 Å². The lowest BCUT2D eigenvalue weighted by Crippen LogP contribution is -2.34. The van der Waals surface area contributed by atoms with E-state index in [0.29, 0.717) is 5.82 Å². The molecule has 1 aliphatic heterocycles. The summed E-state index contributed by atoms with van der Waals surface area (Å²) in [5.41, 5.74) is 5.42. The Hall–Kier alpha value is -1.04. The average Bonchev–Trinajstić information content (AvgIpc) is 2.37. The summed E-state index contributed by atoms with van der Waals surface area (Å²) in [6.07, 6.45) is 1.03. The third kappa shape index (κ3) is 1.76. The Morgan fingerprint density at radius 3 is 2.75 bits per heavy atom. The SMILES string of the molecule is C=CN(C(=C)N)C1COC(O)O1. The van der Waals surface area contributed by atoms with E-state index in [1.807, 2.05) is 0 Å². The maximum Gasteiger partial charge on any atom is 0.271 e. The van der Waals surface area contributed by atoms with Crippen LogP contribution in [0.2, 0.25) is 0 Å². The molecule has 0 spiro atoms. The molecule has 2 atom stereocenters. The number of nitrogens with two attached hydrogens (primary N) is 1. The number of hydrogen-bond acceptors (Lipinski definition) is 5. The van der Waals surface area contributed by atoms with Crippen molar-refractivity contribution in [2.75, 3.05) is 6.61 Å². The first-order valence-corrected chi connectivity index (χ1v) is 3.45. The molecule has 1 fully saturated rings. The molecule has 3 N–H and O–H groups in total. The average molecular weight is 172 g/mol. The Bertz CT molecular complexity index is 195. The molecule has 0 aromatic rings. The molecule has 2 unspecified atom stereocenters. The molecule has 1 aliphatic rings. The minimum absolute atomic E-state index is 0.239. The van der Waals surface area contributed by atoms with Crippen LogP contribution in [0.25, 0.3) is 0 Å². The fraction of sp³-hybridized carbons (Fsp3) is 0.429. The van der Waals surface area contributed by atoms with Gasteiger partial charge in [0, 0.05) is 6.20 Å².